The van der Waals surface area contributed by atoms with Crippen LogP contribution in [0.25, 0.3) is 0 Å². The maximum atomic E-state index is 14.7. The van der Waals surface area contributed by atoms with Crippen molar-refractivity contribution in [3.63, 3.8) is 0 Å². The Morgan fingerprint density at radius 1 is 1.23 bits per heavy atom. The second-order valence-corrected chi connectivity index (χ2v) is 10.6. The number of ether oxygens (including phenoxy) is 1. The standard InChI is InChI=1S/C29H44FN5O5/c1-18(2)27-20(4)10-11-26(37)32-13-7-8-19(3)14-22(36)15-21(30)16-25-33-17-24(34-25)28(38)35-23(29(39)40-27)9-5-6-12-31/h7-8,10-11,14,17-18,20-23,27,36H,5-6,9,12-13,15-16,31H2,1-4H3,(H,32,37)(H,33,34)(H,35,38)/b8-7?,11-10+,19-14?/t20-,21-,22-,23-,27-/m1/s1. The molecule has 2 rings (SSSR count). The van der Waals surface area contributed by atoms with Gasteiger partial charge < -0.3 is 31.2 Å². The van der Waals surface area contributed by atoms with E-state index in [0.717, 1.165) is 5.57 Å². The van der Waals surface area contributed by atoms with Gasteiger partial charge in [-0.3, -0.25) is 9.59 Å². The normalized spacial score (nSPS) is 26.9. The van der Waals surface area contributed by atoms with Crippen LogP contribution in [0.3, 0.4) is 0 Å². The largest absolute Gasteiger partial charge is 0.460 e. The van der Waals surface area contributed by atoms with Gasteiger partial charge in [0, 0.05) is 25.3 Å². The van der Waals surface area contributed by atoms with E-state index in [-0.39, 0.29) is 48.6 Å². The number of aromatic amines is 1. The van der Waals surface area contributed by atoms with E-state index in [1.54, 1.807) is 25.2 Å². The van der Waals surface area contributed by atoms with Crippen LogP contribution in [-0.2, 0) is 20.7 Å². The molecule has 0 radical (unpaired) electrons. The quantitative estimate of drug-likeness (QED) is 0.273. The molecule has 10 nitrogen and oxygen atoms in total. The number of alkyl halides is 1. The molecule has 1 aliphatic rings. The van der Waals surface area contributed by atoms with Gasteiger partial charge in [-0.2, -0.15) is 0 Å². The van der Waals surface area contributed by atoms with Gasteiger partial charge in [0.2, 0.25) is 5.91 Å². The van der Waals surface area contributed by atoms with Gasteiger partial charge in [0.05, 0.1) is 12.3 Å². The lowest BCUT2D eigenvalue weighted by atomic mass is 9.94. The van der Waals surface area contributed by atoms with Crippen molar-refractivity contribution in [1.82, 2.24) is 20.6 Å². The van der Waals surface area contributed by atoms with Crippen molar-refractivity contribution in [1.29, 1.82) is 0 Å². The summed E-state index contributed by atoms with van der Waals surface area (Å²) in [4.78, 5) is 45.4. The first-order chi connectivity index (χ1) is 19.0. The number of allylic oxidation sites excluding steroid dienone is 2. The number of aliphatic hydroxyl groups is 1. The van der Waals surface area contributed by atoms with Crippen LogP contribution < -0.4 is 16.4 Å². The molecule has 222 valence electrons. The Hall–Kier alpha value is -3.31. The van der Waals surface area contributed by atoms with E-state index in [0.29, 0.717) is 25.8 Å². The second-order valence-electron chi connectivity index (χ2n) is 10.6. The number of nitrogens with one attached hydrogen (secondary N) is 3. The highest BCUT2D eigenvalue weighted by Gasteiger charge is 2.29. The molecular formula is C29H44FN5O5. The van der Waals surface area contributed by atoms with Crippen LogP contribution >= 0.6 is 0 Å². The summed E-state index contributed by atoms with van der Waals surface area (Å²) in [7, 11) is 0. The predicted molar refractivity (Wildman–Crippen MR) is 151 cm³/mol. The molecule has 5 atom stereocenters. The van der Waals surface area contributed by atoms with E-state index >= 15 is 0 Å². The number of hydrogen-bond acceptors (Lipinski definition) is 7. The third kappa shape index (κ3) is 11.4. The third-order valence-electron chi connectivity index (χ3n) is 6.53. The van der Waals surface area contributed by atoms with Crippen LogP contribution in [0, 0.1) is 11.8 Å². The number of imidazole rings is 1. The number of hydrogen-bond donors (Lipinski definition) is 5. The second kappa shape index (κ2) is 16.7. The number of esters is 1. The summed E-state index contributed by atoms with van der Waals surface area (Å²) in [5.41, 5.74) is 6.42. The Morgan fingerprint density at radius 3 is 2.67 bits per heavy atom. The van der Waals surface area contributed by atoms with Crippen LogP contribution in [0.2, 0.25) is 0 Å². The van der Waals surface area contributed by atoms with E-state index in [2.05, 4.69) is 20.6 Å². The lowest BCUT2D eigenvalue weighted by Crippen LogP contribution is -2.44. The zero-order valence-electron chi connectivity index (χ0n) is 23.9. The maximum absolute atomic E-state index is 14.7. The molecule has 0 saturated carbocycles. The van der Waals surface area contributed by atoms with Gasteiger partial charge in [-0.25, -0.2) is 14.2 Å². The number of nitrogens with zero attached hydrogens (tertiary/aromatic N) is 1. The fourth-order valence-corrected chi connectivity index (χ4v) is 4.42. The summed E-state index contributed by atoms with van der Waals surface area (Å²) in [6.07, 6.45) is 7.73. The van der Waals surface area contributed by atoms with Crippen molar-refractivity contribution in [2.24, 2.45) is 17.6 Å². The first-order valence-corrected chi connectivity index (χ1v) is 13.9. The van der Waals surface area contributed by atoms with Gasteiger partial charge in [0.25, 0.3) is 5.91 Å². The van der Waals surface area contributed by atoms with Gasteiger partial charge in [0.1, 0.15) is 29.8 Å². The Bertz CT molecular complexity index is 1070. The SMILES string of the molecule is CC1=C[C@@H](O)C[C@@H](F)Cc2ncc([nH]2)C(=O)N[C@H](CCCCN)C(=O)O[C@H](C(C)C)[C@H](C)/C=C/C(=O)NCC=C1. The minimum atomic E-state index is -1.41. The van der Waals surface area contributed by atoms with Crippen molar-refractivity contribution in [3.05, 3.63) is 53.7 Å². The van der Waals surface area contributed by atoms with E-state index < -0.39 is 36.3 Å². The Kier molecular flexibility index (Phi) is 13.7. The highest BCUT2D eigenvalue weighted by atomic mass is 19.1. The first kappa shape index (κ1) is 32.9. The minimum Gasteiger partial charge on any atom is -0.460 e. The molecule has 2 bridgehead atoms. The van der Waals surface area contributed by atoms with Crippen molar-refractivity contribution in [2.45, 2.75) is 84.2 Å². The molecule has 0 unspecified atom stereocenters. The van der Waals surface area contributed by atoms with Crippen LogP contribution in [0.1, 0.15) is 69.7 Å². The minimum absolute atomic E-state index is 0.0570. The van der Waals surface area contributed by atoms with Gasteiger partial charge in [0.15, 0.2) is 0 Å². The topological polar surface area (TPSA) is 159 Å². The highest BCUT2D eigenvalue weighted by molar-refractivity contribution is 5.95. The van der Waals surface area contributed by atoms with Crippen LogP contribution in [0.15, 0.2) is 42.2 Å². The summed E-state index contributed by atoms with van der Waals surface area (Å²) >= 11 is 0. The van der Waals surface area contributed by atoms with Crippen molar-refractivity contribution in [2.75, 3.05) is 13.1 Å². The number of aliphatic hydroxyl groups excluding tert-OH is 1. The number of H-pyrrole nitrogens is 1. The summed E-state index contributed by atoms with van der Waals surface area (Å²) in [5, 5.41) is 15.7. The molecular weight excluding hydrogens is 517 g/mol. The molecule has 0 aliphatic carbocycles. The molecule has 1 aliphatic heterocycles. The van der Waals surface area contributed by atoms with E-state index in [1.165, 1.54) is 18.3 Å². The average Bonchev–Trinajstić information content (AvgIpc) is 3.35. The average molecular weight is 562 g/mol. The third-order valence-corrected chi connectivity index (χ3v) is 6.53. The molecule has 0 spiro atoms. The van der Waals surface area contributed by atoms with Crippen LogP contribution in [0.5, 0.6) is 0 Å². The predicted octanol–water partition coefficient (Wildman–Crippen LogP) is 2.66. The molecule has 11 heteroatoms. The monoisotopic (exact) mass is 561 g/mol. The molecule has 2 heterocycles. The fraction of sp³-hybridized carbons (Fsp3) is 0.586. The van der Waals surface area contributed by atoms with Gasteiger partial charge in [-0.15, -0.1) is 0 Å². The van der Waals surface area contributed by atoms with Crippen molar-refractivity contribution in [3.8, 4) is 0 Å². The molecule has 0 saturated heterocycles. The van der Waals surface area contributed by atoms with E-state index in [1.807, 2.05) is 20.8 Å². The molecule has 6 N–H and O–H groups in total. The zero-order chi connectivity index (χ0) is 29.7. The maximum Gasteiger partial charge on any atom is 0.328 e. The molecule has 1 aromatic rings. The van der Waals surface area contributed by atoms with Crippen LogP contribution in [-0.4, -0.2) is 70.4 Å². The lowest BCUT2D eigenvalue weighted by Gasteiger charge is -2.28. The number of nitrogens with two attached hydrogens (primary N) is 1. The number of cyclic esters (lactones) is 1. The Morgan fingerprint density at radius 2 is 1.98 bits per heavy atom. The Balaban J connectivity index is 2.32. The summed E-state index contributed by atoms with van der Waals surface area (Å²) in [5.74, 6) is -1.55. The number of unbranched alkanes of at least 4 members (excludes halogenated alkanes) is 1. The number of aromatic nitrogens is 2. The molecule has 0 aromatic carbocycles. The van der Waals surface area contributed by atoms with Crippen LogP contribution in [0.4, 0.5) is 4.39 Å². The number of rotatable bonds is 5. The fourth-order valence-electron chi connectivity index (χ4n) is 4.42. The summed E-state index contributed by atoms with van der Waals surface area (Å²) in [6.45, 7) is 8.17. The molecule has 2 amide bonds. The smallest absolute Gasteiger partial charge is 0.328 e. The summed E-state index contributed by atoms with van der Waals surface area (Å²) < 4.78 is 20.5. The number of carbonyl (C=O) groups excluding carboxylic acids is 3. The molecule has 40 heavy (non-hydrogen) atoms. The highest BCUT2D eigenvalue weighted by Crippen LogP contribution is 2.20. The summed E-state index contributed by atoms with van der Waals surface area (Å²) in [6, 6.07) is -0.931. The van der Waals surface area contributed by atoms with Gasteiger partial charge >= 0.3 is 5.97 Å². The van der Waals surface area contributed by atoms with E-state index in [9.17, 15) is 23.9 Å². The number of fused-ring (bicyclic) bond motifs is 2. The zero-order valence-corrected chi connectivity index (χ0v) is 23.9. The van der Waals surface area contributed by atoms with E-state index in [4.69, 9.17) is 10.5 Å². The van der Waals surface area contributed by atoms with Crippen molar-refractivity contribution >= 4 is 17.8 Å². The molecule has 1 aromatic heterocycles. The lowest BCUT2D eigenvalue weighted by molar-refractivity contribution is -0.155. The number of carbonyl (C=O) groups is 3. The number of amides is 2. The van der Waals surface area contributed by atoms with Gasteiger partial charge in [-0.1, -0.05) is 50.6 Å². The number of halogens is 1. The molecule has 0 fully saturated rings. The first-order valence-electron chi connectivity index (χ1n) is 13.9. The Labute approximate surface area is 235 Å². The van der Waals surface area contributed by atoms with Gasteiger partial charge in [-0.05, 0) is 44.7 Å². The van der Waals surface area contributed by atoms with Crippen molar-refractivity contribution < 1.29 is 28.6 Å².